The van der Waals surface area contributed by atoms with E-state index in [0.717, 1.165) is 36.8 Å². The van der Waals surface area contributed by atoms with Gasteiger partial charge < -0.3 is 20.2 Å². The van der Waals surface area contributed by atoms with Gasteiger partial charge in [-0.2, -0.15) is 5.01 Å². The van der Waals surface area contributed by atoms with Gasteiger partial charge in [-0.15, -0.1) is 0 Å². The maximum absolute atomic E-state index is 14.3. The summed E-state index contributed by atoms with van der Waals surface area (Å²) >= 11 is 0. The van der Waals surface area contributed by atoms with Crippen LogP contribution in [0.5, 0.6) is 0 Å². The van der Waals surface area contributed by atoms with Gasteiger partial charge in [-0.05, 0) is 54.4 Å². The van der Waals surface area contributed by atoms with Crippen molar-refractivity contribution in [3.63, 3.8) is 0 Å². The van der Waals surface area contributed by atoms with Crippen LogP contribution in [0.25, 0.3) is 0 Å². The molecule has 2 aromatic rings. The average molecular weight is 598 g/mol. The van der Waals surface area contributed by atoms with Crippen LogP contribution in [-0.4, -0.2) is 87.3 Å². The first-order valence-electron chi connectivity index (χ1n) is 16.0. The highest BCUT2D eigenvalue weighted by Gasteiger charge is 2.52. The molecule has 0 spiro atoms. The van der Waals surface area contributed by atoms with Crippen LogP contribution in [0.3, 0.4) is 0 Å². The van der Waals surface area contributed by atoms with Crippen LogP contribution in [0.1, 0.15) is 61.6 Å². The molecule has 0 bridgehead atoms. The Labute approximate surface area is 259 Å². The number of hydrogen-bond acceptors (Lipinski definition) is 5. The quantitative estimate of drug-likeness (QED) is 0.456. The molecule has 6 rings (SSSR count). The number of carbonyl (C=O) groups is 3. The molecule has 2 aliphatic carbocycles. The van der Waals surface area contributed by atoms with Gasteiger partial charge in [-0.1, -0.05) is 79.7 Å². The van der Waals surface area contributed by atoms with Crippen molar-refractivity contribution >= 4 is 17.8 Å². The number of fused-ring (bicyclic) bond motifs is 2. The predicted molar refractivity (Wildman–Crippen MR) is 168 cm³/mol. The van der Waals surface area contributed by atoms with E-state index < -0.39 is 18.3 Å². The fourth-order valence-electron chi connectivity index (χ4n) is 7.17. The van der Waals surface area contributed by atoms with E-state index in [1.807, 2.05) is 59.3 Å². The average Bonchev–Trinajstić information content (AvgIpc) is 3.37. The molecule has 232 valence electrons. The Morgan fingerprint density at radius 2 is 1.89 bits per heavy atom. The minimum absolute atomic E-state index is 0.0426. The molecule has 0 aromatic heterocycles. The lowest BCUT2D eigenvalue weighted by Gasteiger charge is -2.47. The number of benzene rings is 2. The van der Waals surface area contributed by atoms with Gasteiger partial charge in [-0.3, -0.25) is 14.6 Å². The number of aliphatic hydroxyl groups excluding tert-OH is 1. The summed E-state index contributed by atoms with van der Waals surface area (Å²) in [7, 11) is 0. The Bertz CT molecular complexity index is 1430. The molecule has 2 aliphatic heterocycles. The lowest BCUT2D eigenvalue weighted by atomic mass is 9.82. The van der Waals surface area contributed by atoms with Crippen LogP contribution in [0, 0.1) is 0 Å². The molecule has 2 saturated heterocycles. The summed E-state index contributed by atoms with van der Waals surface area (Å²) in [5.74, 6) is 0.0374. The van der Waals surface area contributed by atoms with Crippen molar-refractivity contribution in [2.75, 3.05) is 26.2 Å². The van der Waals surface area contributed by atoms with Crippen molar-refractivity contribution in [1.82, 2.24) is 25.1 Å². The smallest absolute Gasteiger partial charge is 0.332 e. The second kappa shape index (κ2) is 13.4. The number of rotatable bonds is 9. The summed E-state index contributed by atoms with van der Waals surface area (Å²) in [5, 5.41) is 16.6. The zero-order valence-electron chi connectivity index (χ0n) is 25.5. The molecule has 2 N–H and O–H groups in total. The van der Waals surface area contributed by atoms with E-state index in [9.17, 15) is 19.5 Å². The number of allylic oxidation sites excluding steroid dienone is 1. The molecule has 4 aliphatic rings. The molecule has 4 atom stereocenters. The maximum atomic E-state index is 14.3. The molecule has 3 unspecified atom stereocenters. The summed E-state index contributed by atoms with van der Waals surface area (Å²) in [4.78, 5) is 45.3. The lowest BCUT2D eigenvalue weighted by molar-refractivity contribution is -0.157. The Morgan fingerprint density at radius 3 is 2.66 bits per heavy atom. The number of nitrogens with zero attached hydrogens (tertiary/aromatic N) is 4. The second-order valence-corrected chi connectivity index (χ2v) is 12.3. The topological polar surface area (TPSA) is 96.4 Å². The van der Waals surface area contributed by atoms with Crippen LogP contribution >= 0.6 is 0 Å². The minimum atomic E-state index is -0.674. The molecule has 4 amide bonds. The molecule has 9 heteroatoms. The summed E-state index contributed by atoms with van der Waals surface area (Å²) < 4.78 is 0. The summed E-state index contributed by atoms with van der Waals surface area (Å²) in [5.41, 5.74) is 4.60. The first-order valence-corrected chi connectivity index (χ1v) is 16.0. The third kappa shape index (κ3) is 6.30. The largest absolute Gasteiger partial charge is 0.389 e. The fraction of sp³-hybridized carbons (Fsp3) is 0.457. The third-order valence-electron chi connectivity index (χ3n) is 9.35. The molecule has 44 heavy (non-hydrogen) atoms. The first kappa shape index (κ1) is 30.1. The van der Waals surface area contributed by atoms with Crippen molar-refractivity contribution in [2.45, 2.75) is 76.2 Å². The van der Waals surface area contributed by atoms with Crippen molar-refractivity contribution in [2.24, 2.45) is 0 Å². The van der Waals surface area contributed by atoms with Crippen molar-refractivity contribution < 1.29 is 19.5 Å². The van der Waals surface area contributed by atoms with E-state index in [2.05, 4.69) is 29.6 Å². The van der Waals surface area contributed by atoms with Gasteiger partial charge in [0.15, 0.2) is 0 Å². The van der Waals surface area contributed by atoms with Crippen LogP contribution in [-0.2, 0) is 22.6 Å². The van der Waals surface area contributed by atoms with Crippen molar-refractivity contribution in [3.05, 3.63) is 95.1 Å². The number of hydrazine groups is 1. The Hall–Kier alpha value is -3.95. The molecular formula is C35H43N5O4. The van der Waals surface area contributed by atoms with Gasteiger partial charge in [-0.25, -0.2) is 4.79 Å². The van der Waals surface area contributed by atoms with E-state index >= 15 is 0 Å². The number of aryl methyl sites for hydroxylation is 1. The van der Waals surface area contributed by atoms with E-state index in [1.165, 1.54) is 11.1 Å². The van der Waals surface area contributed by atoms with Crippen LogP contribution in [0.15, 0.2) is 78.4 Å². The zero-order chi connectivity index (χ0) is 30.6. The highest BCUT2D eigenvalue weighted by atomic mass is 16.3. The van der Waals surface area contributed by atoms with E-state index in [0.29, 0.717) is 39.0 Å². The highest BCUT2D eigenvalue weighted by Crippen LogP contribution is 2.36. The molecular weight excluding hydrogens is 554 g/mol. The van der Waals surface area contributed by atoms with Crippen LogP contribution in [0.4, 0.5) is 4.79 Å². The number of hydrogen-bond donors (Lipinski definition) is 2. The standard InChI is InChI=1S/C35H43N5O4/c1-2-19-38(35(44)36-21-26-9-4-3-5-10-26)39-24-33(42)40-31(20-25-15-17-29(41)18-16-25)34(43)37(23-32(39)40)22-28-13-8-12-27-11-6-7-14-30(27)28/h3-7,9-11,14-17,28-29,31-32,41H,2,8,12-13,18-24H2,1H3,(H,36,44)/t28?,29?,31-,32?/m0/s1. The third-order valence-corrected chi connectivity index (χ3v) is 9.35. The van der Waals surface area contributed by atoms with Crippen LogP contribution in [0.2, 0.25) is 0 Å². The second-order valence-electron chi connectivity index (χ2n) is 12.3. The number of urea groups is 1. The lowest BCUT2D eigenvalue weighted by Crippen LogP contribution is -2.66. The van der Waals surface area contributed by atoms with E-state index in [-0.39, 0.29) is 30.3 Å². The zero-order valence-corrected chi connectivity index (χ0v) is 25.5. The van der Waals surface area contributed by atoms with Gasteiger partial charge >= 0.3 is 6.03 Å². The van der Waals surface area contributed by atoms with Gasteiger partial charge in [0.05, 0.1) is 19.2 Å². The van der Waals surface area contributed by atoms with Gasteiger partial charge in [0, 0.05) is 32.0 Å². The highest BCUT2D eigenvalue weighted by molar-refractivity contribution is 5.92. The summed E-state index contributed by atoms with van der Waals surface area (Å²) in [6.45, 7) is 3.83. The number of amides is 4. The SMILES string of the molecule is CCCN(C(=O)NCc1ccccc1)N1CC(=O)N2C1CN(CC1CCCc3ccccc31)C(=O)[C@@H]2CC1=CCC(O)C=C1. The first-order chi connectivity index (χ1) is 21.4. The van der Waals surface area contributed by atoms with Gasteiger partial charge in [0.1, 0.15) is 12.2 Å². The molecule has 2 fully saturated rings. The Balaban J connectivity index is 1.28. The molecule has 9 nitrogen and oxygen atoms in total. The Morgan fingerprint density at radius 1 is 1.09 bits per heavy atom. The Kier molecular flexibility index (Phi) is 9.14. The van der Waals surface area contributed by atoms with Crippen LogP contribution < -0.4 is 5.32 Å². The maximum Gasteiger partial charge on any atom is 0.332 e. The number of piperazine rings is 1. The van der Waals surface area contributed by atoms with Crippen molar-refractivity contribution in [1.29, 1.82) is 0 Å². The van der Waals surface area contributed by atoms with E-state index in [4.69, 9.17) is 0 Å². The predicted octanol–water partition coefficient (Wildman–Crippen LogP) is 3.96. The molecule has 2 aromatic carbocycles. The molecule has 0 saturated carbocycles. The monoisotopic (exact) mass is 597 g/mol. The number of carbonyl (C=O) groups excluding carboxylic acids is 3. The fourth-order valence-corrected chi connectivity index (χ4v) is 7.17. The molecule has 0 radical (unpaired) electrons. The normalized spacial score (nSPS) is 25.0. The van der Waals surface area contributed by atoms with Crippen molar-refractivity contribution in [3.8, 4) is 0 Å². The minimum Gasteiger partial charge on any atom is -0.389 e. The van der Waals surface area contributed by atoms with E-state index in [1.54, 1.807) is 16.0 Å². The summed E-state index contributed by atoms with van der Waals surface area (Å²) in [6.07, 6.45) is 9.34. The van der Waals surface area contributed by atoms with Gasteiger partial charge in [0.2, 0.25) is 11.8 Å². The molecule has 2 heterocycles. The number of aliphatic hydroxyl groups is 1. The summed E-state index contributed by atoms with van der Waals surface area (Å²) in [6, 6.07) is 17.4. The van der Waals surface area contributed by atoms with Gasteiger partial charge in [0.25, 0.3) is 0 Å². The number of nitrogens with one attached hydrogen (secondary N) is 1.